The average Bonchev–Trinajstić information content (AvgIpc) is 1.82. The van der Waals surface area contributed by atoms with Crippen LogP contribution >= 0.6 is 0 Å². The molecule has 13 heavy (non-hydrogen) atoms. The first-order valence-corrected chi connectivity index (χ1v) is 3.19. The van der Waals surface area contributed by atoms with Crippen molar-refractivity contribution in [1.82, 2.24) is 0 Å². The predicted molar refractivity (Wildman–Crippen MR) is 39.0 cm³/mol. The minimum absolute atomic E-state index is 0.836. The van der Waals surface area contributed by atoms with Gasteiger partial charge in [0.2, 0.25) is 0 Å². The maximum atomic E-state index is 10.4. The van der Waals surface area contributed by atoms with Gasteiger partial charge in [-0.2, -0.15) is 0 Å². The van der Waals surface area contributed by atoms with Gasteiger partial charge in [0.25, 0.3) is 0 Å². The lowest BCUT2D eigenvalue weighted by Crippen LogP contribution is -2.57. The molecule has 0 aliphatic carbocycles. The van der Waals surface area contributed by atoms with E-state index in [2.05, 4.69) is 0 Å². The summed E-state index contributed by atoms with van der Waals surface area (Å²) in [5.74, 6) is -7.40. The largest absolute Gasteiger partial charge is 0.481 e. The summed E-state index contributed by atoms with van der Waals surface area (Å²) in [5.41, 5.74) is 2.72. The van der Waals surface area contributed by atoms with Gasteiger partial charge < -0.3 is 21.1 Å². The second kappa shape index (κ2) is 3.40. The predicted octanol–water partition coefficient (Wildman–Crippen LogP) is -1.43. The highest BCUT2D eigenvalue weighted by Gasteiger charge is 2.47. The van der Waals surface area contributed by atoms with Crippen molar-refractivity contribution in [3.8, 4) is 0 Å². The van der Waals surface area contributed by atoms with Crippen molar-refractivity contribution in [1.29, 1.82) is 0 Å². The van der Waals surface area contributed by atoms with E-state index in [9.17, 15) is 14.4 Å². The first kappa shape index (κ1) is 11.4. The third-order valence-corrected chi connectivity index (χ3v) is 1.55. The molecule has 0 spiro atoms. The fourth-order valence-electron chi connectivity index (χ4n) is 0.742. The second-order valence-corrected chi connectivity index (χ2v) is 2.70. The van der Waals surface area contributed by atoms with Crippen molar-refractivity contribution in [2.24, 2.45) is 11.7 Å². The maximum absolute atomic E-state index is 10.4. The Kier molecular flexibility index (Phi) is 2.97. The highest BCUT2D eigenvalue weighted by atomic mass is 16.4. The molecule has 0 amide bonds. The number of hydrogen-bond donors (Lipinski definition) is 4. The molecule has 7 nitrogen and oxygen atoms in total. The van der Waals surface area contributed by atoms with E-state index in [0.29, 0.717) is 0 Å². The molecule has 74 valence electrons. The molecule has 0 unspecified atom stereocenters. The smallest absolute Gasteiger partial charge is 0.324 e. The summed E-state index contributed by atoms with van der Waals surface area (Å²) in [6, 6.07) is 0. The summed E-state index contributed by atoms with van der Waals surface area (Å²) in [6.45, 7) is 0.836. The van der Waals surface area contributed by atoms with Crippen LogP contribution in [0.25, 0.3) is 0 Å². The quantitative estimate of drug-likeness (QED) is 0.399. The van der Waals surface area contributed by atoms with Gasteiger partial charge in [0.1, 0.15) is 5.54 Å². The molecule has 7 heteroatoms. The minimum Gasteiger partial charge on any atom is -0.481 e. The van der Waals surface area contributed by atoms with E-state index >= 15 is 0 Å². The Hall–Kier alpha value is -1.63. The number of carboxylic acid groups (broad SMARTS) is 3. The van der Waals surface area contributed by atoms with E-state index < -0.39 is 29.4 Å². The Morgan fingerprint density at radius 2 is 1.46 bits per heavy atom. The zero-order chi connectivity index (χ0) is 10.8. The Balaban J connectivity index is 5.06. The third kappa shape index (κ3) is 2.15. The summed E-state index contributed by atoms with van der Waals surface area (Å²) in [6.07, 6.45) is 0. The van der Waals surface area contributed by atoms with Gasteiger partial charge in [-0.3, -0.25) is 14.4 Å². The Labute approximate surface area is 72.8 Å². The van der Waals surface area contributed by atoms with Gasteiger partial charge in [-0.15, -0.1) is 0 Å². The molecule has 0 bridgehead atoms. The standard InChI is InChI=1S/C6H9NO6/c1-6(7,5(12)13)2(3(8)9)4(10)11/h2H,7H2,1H3,(H,8,9)(H,10,11)(H,12,13)/t6-/m1/s1. The first-order chi connectivity index (χ1) is 5.71. The van der Waals surface area contributed by atoms with E-state index in [4.69, 9.17) is 21.1 Å². The molecule has 0 saturated carbocycles. The van der Waals surface area contributed by atoms with Gasteiger partial charge in [0.05, 0.1) is 0 Å². The molecular formula is C6H9NO6. The van der Waals surface area contributed by atoms with Crippen LogP contribution in [0.2, 0.25) is 0 Å². The van der Waals surface area contributed by atoms with E-state index in [-0.39, 0.29) is 0 Å². The maximum Gasteiger partial charge on any atom is 0.324 e. The molecule has 0 aliphatic heterocycles. The van der Waals surface area contributed by atoms with Crippen molar-refractivity contribution in [3.05, 3.63) is 0 Å². The topological polar surface area (TPSA) is 138 Å². The fraction of sp³-hybridized carbons (Fsp3) is 0.500. The van der Waals surface area contributed by atoms with E-state index in [1.807, 2.05) is 0 Å². The average molecular weight is 191 g/mol. The normalized spacial score (nSPS) is 15.0. The number of nitrogens with two attached hydrogens (primary N) is 1. The number of carbonyl (C=O) groups is 3. The monoisotopic (exact) mass is 191 g/mol. The highest BCUT2D eigenvalue weighted by molar-refractivity contribution is 6.00. The lowest BCUT2D eigenvalue weighted by molar-refractivity contribution is -0.164. The summed E-state index contributed by atoms with van der Waals surface area (Å²) in [5, 5.41) is 25.3. The summed E-state index contributed by atoms with van der Waals surface area (Å²) < 4.78 is 0. The number of hydrogen-bond acceptors (Lipinski definition) is 4. The molecule has 5 N–H and O–H groups in total. The fourth-order valence-corrected chi connectivity index (χ4v) is 0.742. The van der Waals surface area contributed by atoms with Gasteiger partial charge in [-0.05, 0) is 6.92 Å². The summed E-state index contributed by atoms with van der Waals surface area (Å²) >= 11 is 0. The van der Waals surface area contributed by atoms with Crippen LogP contribution in [0.3, 0.4) is 0 Å². The zero-order valence-electron chi connectivity index (χ0n) is 6.72. The molecular weight excluding hydrogens is 182 g/mol. The van der Waals surface area contributed by atoms with Gasteiger partial charge >= 0.3 is 17.9 Å². The van der Waals surface area contributed by atoms with Crippen molar-refractivity contribution >= 4 is 17.9 Å². The van der Waals surface area contributed by atoms with Crippen molar-refractivity contribution in [2.45, 2.75) is 12.5 Å². The van der Waals surface area contributed by atoms with Crippen LogP contribution in [-0.4, -0.2) is 38.8 Å². The van der Waals surface area contributed by atoms with E-state index in [0.717, 1.165) is 6.92 Å². The molecule has 0 rings (SSSR count). The highest BCUT2D eigenvalue weighted by Crippen LogP contribution is 2.15. The lowest BCUT2D eigenvalue weighted by atomic mass is 9.87. The molecule has 0 aromatic rings. The number of aliphatic carboxylic acids is 3. The Morgan fingerprint density at radius 3 is 1.54 bits per heavy atom. The Morgan fingerprint density at radius 1 is 1.15 bits per heavy atom. The molecule has 0 aromatic heterocycles. The van der Waals surface area contributed by atoms with Gasteiger partial charge in [0.15, 0.2) is 5.92 Å². The molecule has 0 fully saturated rings. The van der Waals surface area contributed by atoms with Crippen molar-refractivity contribution in [3.63, 3.8) is 0 Å². The van der Waals surface area contributed by atoms with Gasteiger partial charge in [-0.1, -0.05) is 0 Å². The van der Waals surface area contributed by atoms with Crippen LogP contribution < -0.4 is 5.73 Å². The van der Waals surface area contributed by atoms with Gasteiger partial charge in [-0.25, -0.2) is 0 Å². The number of rotatable bonds is 4. The van der Waals surface area contributed by atoms with E-state index in [1.165, 1.54) is 0 Å². The zero-order valence-corrected chi connectivity index (χ0v) is 6.72. The molecule has 0 heterocycles. The van der Waals surface area contributed by atoms with Gasteiger partial charge in [0, 0.05) is 0 Å². The molecule has 0 saturated heterocycles. The third-order valence-electron chi connectivity index (χ3n) is 1.55. The summed E-state index contributed by atoms with van der Waals surface area (Å²) in [7, 11) is 0. The molecule has 0 aliphatic rings. The lowest BCUT2D eigenvalue weighted by Gasteiger charge is -2.22. The van der Waals surface area contributed by atoms with Crippen LogP contribution in [0.5, 0.6) is 0 Å². The van der Waals surface area contributed by atoms with Crippen molar-refractivity contribution < 1.29 is 29.7 Å². The molecule has 1 atom stereocenters. The van der Waals surface area contributed by atoms with Crippen LogP contribution in [0.15, 0.2) is 0 Å². The summed E-state index contributed by atoms with van der Waals surface area (Å²) in [4.78, 5) is 31.2. The van der Waals surface area contributed by atoms with E-state index in [1.54, 1.807) is 0 Å². The Bertz CT molecular complexity index is 244. The van der Waals surface area contributed by atoms with Crippen LogP contribution in [0.4, 0.5) is 0 Å². The first-order valence-electron chi connectivity index (χ1n) is 3.19. The van der Waals surface area contributed by atoms with Crippen LogP contribution in [0.1, 0.15) is 6.92 Å². The molecule has 0 aromatic carbocycles. The number of carboxylic acids is 3. The SMILES string of the molecule is C[C@](N)(C(=O)O)C(C(=O)O)C(=O)O. The second-order valence-electron chi connectivity index (χ2n) is 2.70. The molecule has 0 radical (unpaired) electrons. The van der Waals surface area contributed by atoms with Crippen LogP contribution in [-0.2, 0) is 14.4 Å². The minimum atomic E-state index is -2.32. The van der Waals surface area contributed by atoms with Crippen molar-refractivity contribution in [2.75, 3.05) is 0 Å². The van der Waals surface area contributed by atoms with Crippen LogP contribution in [0, 0.1) is 5.92 Å².